The molecule has 2 rings (SSSR count). The van der Waals surface area contributed by atoms with Gasteiger partial charge >= 0.3 is 0 Å². The molecule has 96 valence electrons. The SMILES string of the molecule is COc1ccc([C@@H](C)O)c(OCc2cccs2)c1. The number of hydrogen-bond donors (Lipinski definition) is 1. The zero-order chi connectivity index (χ0) is 13.0. The fourth-order valence-corrected chi connectivity index (χ4v) is 2.27. The van der Waals surface area contributed by atoms with Gasteiger partial charge in [-0.1, -0.05) is 6.07 Å². The Hall–Kier alpha value is -1.52. The lowest BCUT2D eigenvalue weighted by Crippen LogP contribution is -2.00. The van der Waals surface area contributed by atoms with Crippen molar-refractivity contribution < 1.29 is 14.6 Å². The third-order valence-corrected chi connectivity index (χ3v) is 3.47. The molecular formula is C14H16O3S. The second kappa shape index (κ2) is 5.89. The van der Waals surface area contributed by atoms with Crippen LogP contribution >= 0.6 is 11.3 Å². The Morgan fingerprint density at radius 2 is 2.17 bits per heavy atom. The van der Waals surface area contributed by atoms with E-state index in [-0.39, 0.29) is 0 Å². The molecule has 1 atom stereocenters. The van der Waals surface area contributed by atoms with E-state index in [4.69, 9.17) is 9.47 Å². The first-order chi connectivity index (χ1) is 8.70. The Balaban J connectivity index is 2.18. The molecule has 0 saturated carbocycles. The molecule has 0 spiro atoms. The Kier molecular flexibility index (Phi) is 4.23. The lowest BCUT2D eigenvalue weighted by Gasteiger charge is -2.14. The molecule has 0 aliphatic heterocycles. The van der Waals surface area contributed by atoms with Gasteiger partial charge in [-0.3, -0.25) is 0 Å². The fraction of sp³-hybridized carbons (Fsp3) is 0.286. The summed E-state index contributed by atoms with van der Waals surface area (Å²) < 4.78 is 10.9. The van der Waals surface area contributed by atoms with Gasteiger partial charge in [-0.05, 0) is 30.5 Å². The van der Waals surface area contributed by atoms with Crippen LogP contribution < -0.4 is 9.47 Å². The van der Waals surface area contributed by atoms with Gasteiger partial charge in [0.15, 0.2) is 0 Å². The van der Waals surface area contributed by atoms with Crippen molar-refractivity contribution in [2.75, 3.05) is 7.11 Å². The molecule has 18 heavy (non-hydrogen) atoms. The summed E-state index contributed by atoms with van der Waals surface area (Å²) in [6.45, 7) is 2.23. The molecule has 4 heteroatoms. The van der Waals surface area contributed by atoms with Crippen molar-refractivity contribution in [2.45, 2.75) is 19.6 Å². The number of thiophene rings is 1. The lowest BCUT2D eigenvalue weighted by molar-refractivity contribution is 0.190. The molecule has 3 nitrogen and oxygen atoms in total. The summed E-state index contributed by atoms with van der Waals surface area (Å²) in [5, 5.41) is 11.7. The van der Waals surface area contributed by atoms with E-state index in [2.05, 4.69) is 0 Å². The molecule has 1 aromatic heterocycles. The summed E-state index contributed by atoms with van der Waals surface area (Å²) in [6.07, 6.45) is -0.561. The van der Waals surface area contributed by atoms with Crippen molar-refractivity contribution in [3.05, 3.63) is 46.2 Å². The highest BCUT2D eigenvalue weighted by Gasteiger charge is 2.11. The average molecular weight is 264 g/mol. The van der Waals surface area contributed by atoms with Crippen LogP contribution in [0.1, 0.15) is 23.5 Å². The van der Waals surface area contributed by atoms with E-state index >= 15 is 0 Å². The normalized spacial score (nSPS) is 12.2. The minimum atomic E-state index is -0.561. The number of rotatable bonds is 5. The molecule has 0 aliphatic carbocycles. The van der Waals surface area contributed by atoms with Crippen LogP contribution in [0.3, 0.4) is 0 Å². The van der Waals surface area contributed by atoms with Crippen LogP contribution in [-0.2, 0) is 6.61 Å². The van der Waals surface area contributed by atoms with Gasteiger partial charge in [0.05, 0.1) is 13.2 Å². The quantitative estimate of drug-likeness (QED) is 0.899. The van der Waals surface area contributed by atoms with Gasteiger partial charge in [-0.15, -0.1) is 11.3 Å². The monoisotopic (exact) mass is 264 g/mol. The third-order valence-electron chi connectivity index (χ3n) is 2.62. The van der Waals surface area contributed by atoms with Crippen LogP contribution in [0.25, 0.3) is 0 Å². The first-order valence-corrected chi connectivity index (χ1v) is 6.60. The summed E-state index contributed by atoms with van der Waals surface area (Å²) in [6, 6.07) is 9.46. The second-order valence-electron chi connectivity index (χ2n) is 3.95. The van der Waals surface area contributed by atoms with Crippen LogP contribution in [0, 0.1) is 0 Å². The summed E-state index contributed by atoms with van der Waals surface area (Å²) >= 11 is 1.65. The summed E-state index contributed by atoms with van der Waals surface area (Å²) in [5.74, 6) is 1.39. The highest BCUT2D eigenvalue weighted by molar-refractivity contribution is 7.09. The highest BCUT2D eigenvalue weighted by atomic mass is 32.1. The lowest BCUT2D eigenvalue weighted by atomic mass is 10.1. The number of benzene rings is 1. The van der Waals surface area contributed by atoms with Gasteiger partial charge in [0, 0.05) is 16.5 Å². The van der Waals surface area contributed by atoms with Gasteiger partial charge < -0.3 is 14.6 Å². The maximum absolute atomic E-state index is 9.71. The van der Waals surface area contributed by atoms with E-state index in [0.29, 0.717) is 12.4 Å². The van der Waals surface area contributed by atoms with E-state index < -0.39 is 6.10 Å². The van der Waals surface area contributed by atoms with Crippen LogP contribution in [0.15, 0.2) is 35.7 Å². The summed E-state index contributed by atoms with van der Waals surface area (Å²) in [4.78, 5) is 1.15. The van der Waals surface area contributed by atoms with Crippen molar-refractivity contribution in [1.29, 1.82) is 0 Å². The van der Waals surface area contributed by atoms with Crippen LogP contribution in [-0.4, -0.2) is 12.2 Å². The van der Waals surface area contributed by atoms with E-state index in [9.17, 15) is 5.11 Å². The minimum absolute atomic E-state index is 0.505. The van der Waals surface area contributed by atoms with Crippen LogP contribution in [0.2, 0.25) is 0 Å². The second-order valence-corrected chi connectivity index (χ2v) is 4.98. The Bertz CT molecular complexity index is 492. The first-order valence-electron chi connectivity index (χ1n) is 5.72. The first kappa shape index (κ1) is 12.9. The molecule has 2 aromatic rings. The molecule has 1 heterocycles. The van der Waals surface area contributed by atoms with E-state index in [0.717, 1.165) is 16.2 Å². The number of aliphatic hydroxyl groups is 1. The van der Waals surface area contributed by atoms with Crippen molar-refractivity contribution in [3.63, 3.8) is 0 Å². The predicted octanol–water partition coefficient (Wildman–Crippen LogP) is 3.39. The Morgan fingerprint density at radius 3 is 2.78 bits per heavy atom. The molecular weight excluding hydrogens is 248 g/mol. The molecule has 0 unspecified atom stereocenters. The fourth-order valence-electron chi connectivity index (χ4n) is 1.66. The molecule has 0 saturated heterocycles. The smallest absolute Gasteiger partial charge is 0.129 e. The molecule has 0 bridgehead atoms. The van der Waals surface area contributed by atoms with Gasteiger partial charge in [-0.2, -0.15) is 0 Å². The average Bonchev–Trinajstić information content (AvgIpc) is 2.88. The maximum atomic E-state index is 9.71. The summed E-state index contributed by atoms with van der Waals surface area (Å²) in [7, 11) is 1.61. The Morgan fingerprint density at radius 1 is 1.33 bits per heavy atom. The maximum Gasteiger partial charge on any atom is 0.129 e. The third kappa shape index (κ3) is 3.03. The molecule has 1 N–H and O–H groups in total. The van der Waals surface area contributed by atoms with Gasteiger partial charge in [0.25, 0.3) is 0 Å². The zero-order valence-electron chi connectivity index (χ0n) is 10.4. The summed E-state index contributed by atoms with van der Waals surface area (Å²) in [5.41, 5.74) is 0.771. The Labute approximate surface area is 111 Å². The van der Waals surface area contributed by atoms with E-state index in [1.807, 2.05) is 29.6 Å². The van der Waals surface area contributed by atoms with E-state index in [1.54, 1.807) is 31.4 Å². The largest absolute Gasteiger partial charge is 0.497 e. The molecule has 0 aliphatic rings. The predicted molar refractivity (Wildman–Crippen MR) is 72.3 cm³/mol. The number of aliphatic hydroxyl groups excluding tert-OH is 1. The minimum Gasteiger partial charge on any atom is -0.497 e. The van der Waals surface area contributed by atoms with Crippen LogP contribution in [0.4, 0.5) is 0 Å². The number of hydrogen-bond acceptors (Lipinski definition) is 4. The zero-order valence-corrected chi connectivity index (χ0v) is 11.2. The molecule has 0 amide bonds. The van der Waals surface area contributed by atoms with Gasteiger partial charge in [0.1, 0.15) is 18.1 Å². The number of ether oxygens (including phenoxy) is 2. The van der Waals surface area contributed by atoms with Gasteiger partial charge in [-0.25, -0.2) is 0 Å². The molecule has 0 fully saturated rings. The van der Waals surface area contributed by atoms with Gasteiger partial charge in [0.2, 0.25) is 0 Å². The molecule has 1 aromatic carbocycles. The number of methoxy groups -OCH3 is 1. The van der Waals surface area contributed by atoms with Crippen molar-refractivity contribution in [3.8, 4) is 11.5 Å². The topological polar surface area (TPSA) is 38.7 Å². The van der Waals surface area contributed by atoms with Crippen molar-refractivity contribution in [2.24, 2.45) is 0 Å². The molecule has 0 radical (unpaired) electrons. The van der Waals surface area contributed by atoms with Crippen molar-refractivity contribution >= 4 is 11.3 Å². The highest BCUT2D eigenvalue weighted by Crippen LogP contribution is 2.30. The standard InChI is InChI=1S/C14H16O3S/c1-10(15)13-6-5-11(16-2)8-14(13)17-9-12-4-3-7-18-12/h3-8,10,15H,9H2,1-2H3/t10-/m1/s1. The van der Waals surface area contributed by atoms with Crippen LogP contribution in [0.5, 0.6) is 11.5 Å². The van der Waals surface area contributed by atoms with Crippen molar-refractivity contribution in [1.82, 2.24) is 0 Å². The van der Waals surface area contributed by atoms with E-state index in [1.165, 1.54) is 0 Å².